The monoisotopic (exact) mass is 657 g/mol. The number of likely N-dealkylation sites (N-methyl/N-ethyl adjacent to an activating group) is 1. The van der Waals surface area contributed by atoms with Crippen LogP contribution in [0.25, 0.3) is 32.1 Å². The van der Waals surface area contributed by atoms with E-state index in [1.54, 1.807) is 6.07 Å². The molecule has 12 heteroatoms. The van der Waals surface area contributed by atoms with Crippen LogP contribution in [0.3, 0.4) is 0 Å². The summed E-state index contributed by atoms with van der Waals surface area (Å²) in [5.74, 6) is 0.150. The number of anilines is 2. The largest absolute Gasteiger partial charge is 0.461 e. The molecule has 0 bridgehead atoms. The maximum absolute atomic E-state index is 14.9. The second kappa shape index (κ2) is 12.0. The molecule has 1 amide bonds. The molecule has 3 aliphatic heterocycles. The van der Waals surface area contributed by atoms with Crippen LogP contribution in [-0.4, -0.2) is 82.3 Å². The van der Waals surface area contributed by atoms with Crippen molar-refractivity contribution in [3.63, 3.8) is 0 Å². The SMILES string of the molecule is C=CC(=O)N1CCC(N(CC)c2nc(OCC34CCCN3CC(F)C4)nc3cc(-c4ccc(F)c5sc(N)c(C#N)c45)ccc23)C1C. The molecule has 0 aliphatic carbocycles. The van der Waals surface area contributed by atoms with Gasteiger partial charge in [-0.3, -0.25) is 9.69 Å². The van der Waals surface area contributed by atoms with Gasteiger partial charge in [0.2, 0.25) is 5.91 Å². The number of hydrogen-bond acceptors (Lipinski definition) is 9. The van der Waals surface area contributed by atoms with Gasteiger partial charge in [-0.1, -0.05) is 18.7 Å². The van der Waals surface area contributed by atoms with E-state index in [1.807, 2.05) is 30.0 Å². The molecule has 0 radical (unpaired) electrons. The summed E-state index contributed by atoms with van der Waals surface area (Å²) in [5.41, 5.74) is 8.03. The van der Waals surface area contributed by atoms with Crippen molar-refractivity contribution in [2.75, 3.05) is 43.4 Å². The maximum Gasteiger partial charge on any atom is 0.319 e. The molecule has 2 aromatic carbocycles. The molecule has 4 aromatic rings. The zero-order chi connectivity index (χ0) is 33.0. The van der Waals surface area contributed by atoms with E-state index in [1.165, 1.54) is 12.1 Å². The van der Waals surface area contributed by atoms with Gasteiger partial charge in [0.25, 0.3) is 0 Å². The van der Waals surface area contributed by atoms with Gasteiger partial charge in [0, 0.05) is 42.9 Å². The Morgan fingerprint density at radius 1 is 1.32 bits per heavy atom. The lowest BCUT2D eigenvalue weighted by molar-refractivity contribution is -0.126. The number of nitrogen functional groups attached to an aromatic ring is 1. The van der Waals surface area contributed by atoms with Crippen molar-refractivity contribution >= 4 is 49.1 Å². The number of alkyl halides is 1. The quantitative estimate of drug-likeness (QED) is 0.228. The highest BCUT2D eigenvalue weighted by Crippen LogP contribution is 2.43. The summed E-state index contributed by atoms with van der Waals surface area (Å²) >= 11 is 1.06. The summed E-state index contributed by atoms with van der Waals surface area (Å²) in [7, 11) is 0. The van der Waals surface area contributed by atoms with Crippen molar-refractivity contribution in [2.45, 2.75) is 63.3 Å². The number of likely N-dealkylation sites (tertiary alicyclic amines) is 1. The van der Waals surface area contributed by atoms with Crippen molar-refractivity contribution in [1.29, 1.82) is 5.26 Å². The number of amides is 1. The van der Waals surface area contributed by atoms with Crippen LogP contribution >= 0.6 is 11.3 Å². The molecule has 244 valence electrons. The predicted molar refractivity (Wildman–Crippen MR) is 181 cm³/mol. The molecule has 4 unspecified atom stereocenters. The Labute approximate surface area is 276 Å². The third-order valence-corrected chi connectivity index (χ3v) is 11.3. The molecular formula is C35H37F2N7O2S. The summed E-state index contributed by atoms with van der Waals surface area (Å²) in [5, 5.41) is 11.4. The molecule has 0 spiro atoms. The lowest BCUT2D eigenvalue weighted by Gasteiger charge is -2.34. The van der Waals surface area contributed by atoms with Gasteiger partial charge in [-0.25, -0.2) is 8.78 Å². The van der Waals surface area contributed by atoms with Crippen molar-refractivity contribution in [2.24, 2.45) is 0 Å². The Balaban J connectivity index is 1.34. The molecule has 0 saturated carbocycles. The number of benzene rings is 2. The molecule has 2 N–H and O–H groups in total. The molecule has 4 atom stereocenters. The second-order valence-electron chi connectivity index (χ2n) is 12.8. The number of hydrogen-bond donors (Lipinski definition) is 1. The number of ether oxygens (including phenoxy) is 1. The Kier molecular flexibility index (Phi) is 8.00. The minimum atomic E-state index is -0.882. The van der Waals surface area contributed by atoms with Gasteiger partial charge in [-0.2, -0.15) is 15.2 Å². The van der Waals surface area contributed by atoms with E-state index < -0.39 is 12.0 Å². The van der Waals surface area contributed by atoms with Gasteiger partial charge >= 0.3 is 6.01 Å². The molecule has 2 aromatic heterocycles. The normalized spacial score (nSPS) is 24.1. The fourth-order valence-corrected chi connectivity index (χ4v) is 8.99. The highest BCUT2D eigenvalue weighted by Gasteiger charge is 2.49. The van der Waals surface area contributed by atoms with Crippen molar-refractivity contribution in [3.8, 4) is 23.2 Å². The first-order valence-corrected chi connectivity index (χ1v) is 16.9. The number of rotatable bonds is 8. The van der Waals surface area contributed by atoms with Crippen molar-refractivity contribution in [3.05, 3.63) is 54.4 Å². The number of nitrogens with two attached hydrogens (primary N) is 1. The summed E-state index contributed by atoms with van der Waals surface area (Å²) in [6.07, 6.45) is 3.51. The van der Waals surface area contributed by atoms with E-state index in [9.17, 15) is 18.8 Å². The fourth-order valence-electron chi connectivity index (χ4n) is 8.04. The molecule has 3 fully saturated rings. The first kappa shape index (κ1) is 31.3. The van der Waals surface area contributed by atoms with Crippen LogP contribution in [0, 0.1) is 17.1 Å². The fraction of sp³-hybridized carbons (Fsp3) is 0.429. The molecule has 3 aliphatic rings. The number of thiophene rings is 1. The van der Waals surface area contributed by atoms with Gasteiger partial charge in [0.05, 0.1) is 27.4 Å². The summed E-state index contributed by atoms with van der Waals surface area (Å²) in [4.78, 5) is 28.7. The Morgan fingerprint density at radius 3 is 2.91 bits per heavy atom. The number of nitriles is 1. The number of aromatic nitrogens is 2. The summed E-state index contributed by atoms with van der Waals surface area (Å²) in [6, 6.07) is 11.1. The van der Waals surface area contributed by atoms with Gasteiger partial charge < -0.3 is 20.3 Å². The number of fused-ring (bicyclic) bond motifs is 3. The highest BCUT2D eigenvalue weighted by molar-refractivity contribution is 7.23. The number of carbonyl (C=O) groups excluding carboxylic acids is 1. The smallest absolute Gasteiger partial charge is 0.319 e. The van der Waals surface area contributed by atoms with Gasteiger partial charge in [0.1, 0.15) is 35.5 Å². The first-order chi connectivity index (χ1) is 22.7. The van der Waals surface area contributed by atoms with Crippen LogP contribution in [0.5, 0.6) is 6.01 Å². The van der Waals surface area contributed by atoms with Gasteiger partial charge in [-0.15, -0.1) is 11.3 Å². The van der Waals surface area contributed by atoms with E-state index in [0.717, 1.165) is 48.1 Å². The van der Waals surface area contributed by atoms with E-state index in [4.69, 9.17) is 20.4 Å². The van der Waals surface area contributed by atoms with Crippen LogP contribution in [0.15, 0.2) is 43.0 Å². The molecular weight excluding hydrogens is 620 g/mol. The first-order valence-electron chi connectivity index (χ1n) is 16.1. The lowest BCUT2D eigenvalue weighted by Crippen LogP contribution is -2.45. The third kappa shape index (κ3) is 5.16. The average Bonchev–Trinajstić information content (AvgIpc) is 3.81. The lowest BCUT2D eigenvalue weighted by atomic mass is 9.95. The van der Waals surface area contributed by atoms with E-state index in [0.29, 0.717) is 53.0 Å². The predicted octanol–water partition coefficient (Wildman–Crippen LogP) is 6.06. The van der Waals surface area contributed by atoms with E-state index in [2.05, 4.69) is 29.4 Å². The second-order valence-corrected chi connectivity index (χ2v) is 13.8. The standard InChI is InChI=1S/C35H37F2N7O2S/c1-4-29(45)44-14-11-28(20(44)3)43(5-2)33-24-8-7-21(23-9-10-26(37)31-30(23)25(17-38)32(39)47-31)15-27(24)40-34(41-33)46-19-35-12-6-13-42(35)18-22(36)16-35/h4,7-10,15,20,22,28H,1,5-6,11-14,16,18-19,39H2,2-3H3. The minimum absolute atomic E-state index is 0.00994. The molecule has 9 nitrogen and oxygen atoms in total. The highest BCUT2D eigenvalue weighted by atomic mass is 32.1. The number of halogens is 2. The van der Waals surface area contributed by atoms with E-state index in [-0.39, 0.29) is 46.7 Å². The van der Waals surface area contributed by atoms with Crippen molar-refractivity contribution < 1.29 is 18.3 Å². The van der Waals surface area contributed by atoms with E-state index >= 15 is 0 Å². The minimum Gasteiger partial charge on any atom is -0.461 e. The van der Waals surface area contributed by atoms with Crippen LogP contribution in [-0.2, 0) is 4.79 Å². The maximum atomic E-state index is 14.9. The Hall–Kier alpha value is -4.34. The Bertz CT molecular complexity index is 1940. The molecule has 47 heavy (non-hydrogen) atoms. The third-order valence-electron chi connectivity index (χ3n) is 10.3. The molecule has 7 rings (SSSR count). The molecule has 5 heterocycles. The zero-order valence-electron chi connectivity index (χ0n) is 26.5. The van der Waals surface area contributed by atoms with Crippen LogP contribution in [0.2, 0.25) is 0 Å². The number of nitrogens with zero attached hydrogens (tertiary/aromatic N) is 6. The summed E-state index contributed by atoms with van der Waals surface area (Å²) in [6.45, 7) is 10.6. The van der Waals surface area contributed by atoms with Crippen LogP contribution in [0.4, 0.5) is 19.6 Å². The Morgan fingerprint density at radius 2 is 2.15 bits per heavy atom. The van der Waals surface area contributed by atoms with Crippen molar-refractivity contribution in [1.82, 2.24) is 19.8 Å². The van der Waals surface area contributed by atoms with Gasteiger partial charge in [0.15, 0.2) is 0 Å². The average molecular weight is 658 g/mol. The zero-order valence-corrected chi connectivity index (χ0v) is 27.3. The molecule has 3 saturated heterocycles. The van der Waals surface area contributed by atoms with Crippen LogP contribution < -0.4 is 15.4 Å². The topological polar surface area (TPSA) is 112 Å². The summed E-state index contributed by atoms with van der Waals surface area (Å²) < 4.78 is 36.1. The number of carbonyl (C=O) groups is 1. The van der Waals surface area contributed by atoms with Gasteiger partial charge in [-0.05, 0) is 75.1 Å². The van der Waals surface area contributed by atoms with Crippen LogP contribution in [0.1, 0.15) is 45.1 Å².